The number of para-hydroxylation sites is 1. The summed E-state index contributed by atoms with van der Waals surface area (Å²) in [5.74, 6) is -1.10. The standard InChI is InChI=1S/C13H9NO3S/c15-13(16)10-5-6-12(17-10)18-11-7-8-3-1-2-4-9(8)14-11/h1-7,14H,(H,15,16). The van der Waals surface area contributed by atoms with Gasteiger partial charge < -0.3 is 14.5 Å². The lowest BCUT2D eigenvalue weighted by Gasteiger charge is -1.92. The number of aromatic amines is 1. The summed E-state index contributed by atoms with van der Waals surface area (Å²) in [7, 11) is 0. The van der Waals surface area contributed by atoms with Crippen molar-refractivity contribution in [1.82, 2.24) is 4.98 Å². The Kier molecular flexibility index (Phi) is 2.60. The minimum Gasteiger partial charge on any atom is -0.475 e. The lowest BCUT2D eigenvalue weighted by atomic mass is 10.3. The quantitative estimate of drug-likeness (QED) is 0.754. The molecular weight excluding hydrogens is 250 g/mol. The monoisotopic (exact) mass is 259 g/mol. The zero-order valence-electron chi connectivity index (χ0n) is 9.21. The van der Waals surface area contributed by atoms with Crippen LogP contribution in [0.4, 0.5) is 0 Å². The first-order valence-corrected chi connectivity index (χ1v) is 6.13. The van der Waals surface area contributed by atoms with Crippen molar-refractivity contribution in [3.8, 4) is 0 Å². The number of aromatic carboxylic acids is 1. The smallest absolute Gasteiger partial charge is 0.371 e. The average Bonchev–Trinajstić information content (AvgIpc) is 2.94. The maximum absolute atomic E-state index is 10.7. The van der Waals surface area contributed by atoms with Crippen LogP contribution in [0, 0.1) is 0 Å². The number of aromatic nitrogens is 1. The Morgan fingerprint density at radius 3 is 2.78 bits per heavy atom. The van der Waals surface area contributed by atoms with E-state index in [9.17, 15) is 4.79 Å². The second-order valence-corrected chi connectivity index (χ2v) is 4.79. The van der Waals surface area contributed by atoms with E-state index in [4.69, 9.17) is 9.52 Å². The normalized spacial score (nSPS) is 10.9. The molecule has 18 heavy (non-hydrogen) atoms. The van der Waals surface area contributed by atoms with Crippen LogP contribution in [0.5, 0.6) is 0 Å². The lowest BCUT2D eigenvalue weighted by molar-refractivity contribution is 0.0656. The molecule has 0 aliphatic carbocycles. The summed E-state index contributed by atoms with van der Waals surface area (Å²) in [5, 5.41) is 11.4. The van der Waals surface area contributed by atoms with E-state index in [1.54, 1.807) is 6.07 Å². The summed E-state index contributed by atoms with van der Waals surface area (Å²) in [6.45, 7) is 0. The van der Waals surface area contributed by atoms with Crippen LogP contribution < -0.4 is 0 Å². The molecule has 0 amide bonds. The van der Waals surface area contributed by atoms with E-state index >= 15 is 0 Å². The molecular formula is C13H9NO3S. The Bertz CT molecular complexity index is 681. The molecule has 0 bridgehead atoms. The van der Waals surface area contributed by atoms with Crippen molar-refractivity contribution >= 4 is 28.6 Å². The first kappa shape index (κ1) is 11.0. The highest BCUT2D eigenvalue weighted by atomic mass is 32.2. The van der Waals surface area contributed by atoms with Gasteiger partial charge in [-0.05, 0) is 36.0 Å². The fourth-order valence-corrected chi connectivity index (χ4v) is 2.53. The molecule has 2 N–H and O–H groups in total. The van der Waals surface area contributed by atoms with Gasteiger partial charge in [-0.25, -0.2) is 4.79 Å². The van der Waals surface area contributed by atoms with Crippen LogP contribution >= 0.6 is 11.8 Å². The third kappa shape index (κ3) is 2.00. The highest BCUT2D eigenvalue weighted by molar-refractivity contribution is 7.99. The molecule has 5 heteroatoms. The van der Waals surface area contributed by atoms with Gasteiger partial charge in [0.05, 0.1) is 5.03 Å². The number of hydrogen-bond donors (Lipinski definition) is 2. The molecule has 0 aliphatic rings. The molecule has 0 fully saturated rings. The van der Waals surface area contributed by atoms with Gasteiger partial charge in [0.2, 0.25) is 5.76 Å². The van der Waals surface area contributed by atoms with Crippen LogP contribution in [-0.2, 0) is 0 Å². The van der Waals surface area contributed by atoms with Crippen molar-refractivity contribution in [2.24, 2.45) is 0 Å². The molecule has 0 unspecified atom stereocenters. The van der Waals surface area contributed by atoms with Gasteiger partial charge >= 0.3 is 5.97 Å². The van der Waals surface area contributed by atoms with E-state index in [-0.39, 0.29) is 5.76 Å². The molecule has 2 heterocycles. The predicted octanol–water partition coefficient (Wildman–Crippen LogP) is 3.61. The largest absolute Gasteiger partial charge is 0.475 e. The van der Waals surface area contributed by atoms with E-state index in [0.717, 1.165) is 15.9 Å². The number of H-pyrrole nitrogens is 1. The van der Waals surface area contributed by atoms with Gasteiger partial charge in [0, 0.05) is 10.9 Å². The molecule has 90 valence electrons. The molecule has 0 aliphatic heterocycles. The second-order valence-electron chi connectivity index (χ2n) is 3.75. The number of nitrogens with one attached hydrogen (secondary N) is 1. The van der Waals surface area contributed by atoms with Crippen molar-refractivity contribution in [3.05, 3.63) is 48.2 Å². The van der Waals surface area contributed by atoms with Crippen molar-refractivity contribution < 1.29 is 14.3 Å². The van der Waals surface area contributed by atoms with Crippen LogP contribution in [0.1, 0.15) is 10.6 Å². The van der Waals surface area contributed by atoms with Crippen LogP contribution in [-0.4, -0.2) is 16.1 Å². The van der Waals surface area contributed by atoms with E-state index in [1.807, 2.05) is 30.3 Å². The fourth-order valence-electron chi connectivity index (χ4n) is 1.70. The van der Waals surface area contributed by atoms with E-state index in [2.05, 4.69) is 4.98 Å². The summed E-state index contributed by atoms with van der Waals surface area (Å²) in [4.78, 5) is 13.9. The molecule has 3 aromatic rings. The topological polar surface area (TPSA) is 66.2 Å². The number of fused-ring (bicyclic) bond motifs is 1. The molecule has 3 rings (SSSR count). The fraction of sp³-hybridized carbons (Fsp3) is 0. The Morgan fingerprint density at radius 2 is 2.06 bits per heavy atom. The van der Waals surface area contributed by atoms with Gasteiger partial charge in [-0.15, -0.1) is 0 Å². The highest BCUT2D eigenvalue weighted by Gasteiger charge is 2.10. The van der Waals surface area contributed by atoms with E-state index in [1.165, 1.54) is 17.8 Å². The molecule has 0 saturated heterocycles. The molecule has 0 spiro atoms. The zero-order valence-corrected chi connectivity index (χ0v) is 10.0. The Balaban J connectivity index is 1.88. The van der Waals surface area contributed by atoms with Crippen LogP contribution in [0.2, 0.25) is 0 Å². The maximum Gasteiger partial charge on any atom is 0.371 e. The van der Waals surface area contributed by atoms with Crippen molar-refractivity contribution in [1.29, 1.82) is 0 Å². The van der Waals surface area contributed by atoms with E-state index < -0.39 is 5.97 Å². The van der Waals surface area contributed by atoms with Gasteiger partial charge in [0.1, 0.15) is 0 Å². The Hall–Kier alpha value is -2.14. The van der Waals surface area contributed by atoms with E-state index in [0.29, 0.717) is 5.09 Å². The summed E-state index contributed by atoms with van der Waals surface area (Å²) in [6, 6.07) is 13.0. The number of carbonyl (C=O) groups is 1. The van der Waals surface area contributed by atoms with Crippen molar-refractivity contribution in [3.63, 3.8) is 0 Å². The summed E-state index contributed by atoms with van der Waals surface area (Å²) in [5.41, 5.74) is 1.05. The second kappa shape index (κ2) is 4.27. The highest BCUT2D eigenvalue weighted by Crippen LogP contribution is 2.30. The third-order valence-electron chi connectivity index (χ3n) is 2.51. The Labute approximate surface area is 107 Å². The SMILES string of the molecule is O=C(O)c1ccc(Sc2cc3ccccc3[nH]2)o1. The predicted molar refractivity (Wildman–Crippen MR) is 68.1 cm³/mol. The number of benzene rings is 1. The molecule has 4 nitrogen and oxygen atoms in total. The van der Waals surface area contributed by atoms with Gasteiger partial charge in [-0.3, -0.25) is 0 Å². The molecule has 0 radical (unpaired) electrons. The first-order chi connectivity index (χ1) is 8.72. The first-order valence-electron chi connectivity index (χ1n) is 5.31. The lowest BCUT2D eigenvalue weighted by Crippen LogP contribution is -1.91. The van der Waals surface area contributed by atoms with Crippen molar-refractivity contribution in [2.75, 3.05) is 0 Å². The third-order valence-corrected chi connectivity index (χ3v) is 3.37. The zero-order chi connectivity index (χ0) is 12.5. The minimum absolute atomic E-state index is 0.0476. The van der Waals surface area contributed by atoms with Crippen LogP contribution in [0.25, 0.3) is 10.9 Å². The van der Waals surface area contributed by atoms with Gasteiger partial charge in [-0.1, -0.05) is 18.2 Å². The summed E-state index contributed by atoms with van der Waals surface area (Å²) < 4.78 is 5.19. The maximum atomic E-state index is 10.7. The molecule has 0 saturated carbocycles. The number of hydrogen-bond acceptors (Lipinski definition) is 3. The van der Waals surface area contributed by atoms with Gasteiger partial charge in [0.25, 0.3) is 0 Å². The van der Waals surface area contributed by atoms with Gasteiger partial charge in [0.15, 0.2) is 5.09 Å². The summed E-state index contributed by atoms with van der Waals surface area (Å²) in [6.07, 6.45) is 0. The van der Waals surface area contributed by atoms with Crippen LogP contribution in [0.15, 0.2) is 57.0 Å². The number of carboxylic acid groups (broad SMARTS) is 1. The molecule has 1 aromatic carbocycles. The minimum atomic E-state index is -1.06. The summed E-state index contributed by atoms with van der Waals surface area (Å²) >= 11 is 1.37. The number of carboxylic acids is 1. The molecule has 2 aromatic heterocycles. The van der Waals surface area contributed by atoms with Gasteiger partial charge in [-0.2, -0.15) is 0 Å². The molecule has 0 atom stereocenters. The Morgan fingerprint density at radius 1 is 1.22 bits per heavy atom. The number of rotatable bonds is 3. The number of furan rings is 1. The average molecular weight is 259 g/mol. The van der Waals surface area contributed by atoms with Crippen LogP contribution in [0.3, 0.4) is 0 Å². The van der Waals surface area contributed by atoms with Crippen molar-refractivity contribution in [2.45, 2.75) is 10.1 Å².